The van der Waals surface area contributed by atoms with Gasteiger partial charge in [-0.3, -0.25) is 4.79 Å². The molecule has 1 aromatic rings. The van der Waals surface area contributed by atoms with Crippen LogP contribution in [0.5, 0.6) is 0 Å². The number of rotatable bonds is 5. The SMILES string of the molecule is CC[C@@H](CO)NC(=O)/C=C/c1ccc(Cl)cc1. The highest BCUT2D eigenvalue weighted by atomic mass is 35.5. The molecule has 0 radical (unpaired) electrons. The molecular formula is C13H16ClNO2. The first kappa shape index (κ1) is 13.7. The van der Waals surface area contributed by atoms with Gasteiger partial charge in [0.1, 0.15) is 0 Å². The van der Waals surface area contributed by atoms with Crippen molar-refractivity contribution >= 4 is 23.6 Å². The van der Waals surface area contributed by atoms with Crippen molar-refractivity contribution in [3.05, 3.63) is 40.9 Å². The average Bonchev–Trinajstić information content (AvgIpc) is 2.35. The van der Waals surface area contributed by atoms with Gasteiger partial charge in [-0.2, -0.15) is 0 Å². The molecule has 17 heavy (non-hydrogen) atoms. The third-order valence-electron chi connectivity index (χ3n) is 2.36. The molecule has 0 unspecified atom stereocenters. The van der Waals surface area contributed by atoms with Crippen molar-refractivity contribution < 1.29 is 9.90 Å². The van der Waals surface area contributed by atoms with E-state index in [1.54, 1.807) is 18.2 Å². The lowest BCUT2D eigenvalue weighted by Crippen LogP contribution is -2.35. The summed E-state index contributed by atoms with van der Waals surface area (Å²) in [6.07, 6.45) is 3.86. The fraction of sp³-hybridized carbons (Fsp3) is 0.308. The van der Waals surface area contributed by atoms with E-state index in [2.05, 4.69) is 5.32 Å². The van der Waals surface area contributed by atoms with E-state index in [-0.39, 0.29) is 18.6 Å². The summed E-state index contributed by atoms with van der Waals surface area (Å²) in [6, 6.07) is 7.01. The molecule has 0 bridgehead atoms. The predicted octanol–water partition coefficient (Wildman–Crippen LogP) is 2.24. The van der Waals surface area contributed by atoms with Gasteiger partial charge in [0.2, 0.25) is 5.91 Å². The zero-order chi connectivity index (χ0) is 12.7. The Morgan fingerprint density at radius 1 is 1.47 bits per heavy atom. The van der Waals surface area contributed by atoms with E-state index in [9.17, 15) is 4.79 Å². The summed E-state index contributed by atoms with van der Waals surface area (Å²) in [6.45, 7) is 1.86. The Morgan fingerprint density at radius 3 is 2.65 bits per heavy atom. The van der Waals surface area contributed by atoms with Crippen molar-refractivity contribution in [1.29, 1.82) is 0 Å². The summed E-state index contributed by atoms with van der Waals surface area (Å²) in [5.41, 5.74) is 0.904. The maximum atomic E-state index is 11.5. The van der Waals surface area contributed by atoms with Crippen LogP contribution in [0.1, 0.15) is 18.9 Å². The molecule has 0 heterocycles. The van der Waals surface area contributed by atoms with Gasteiger partial charge >= 0.3 is 0 Å². The van der Waals surface area contributed by atoms with Crippen molar-refractivity contribution in [1.82, 2.24) is 5.32 Å². The van der Waals surface area contributed by atoms with E-state index < -0.39 is 0 Å². The van der Waals surface area contributed by atoms with Crippen LogP contribution in [0.25, 0.3) is 6.08 Å². The Hall–Kier alpha value is -1.32. The van der Waals surface area contributed by atoms with Crippen LogP contribution in [0.3, 0.4) is 0 Å². The van der Waals surface area contributed by atoms with Crippen LogP contribution in [0.2, 0.25) is 5.02 Å². The fourth-order valence-electron chi connectivity index (χ4n) is 1.27. The van der Waals surface area contributed by atoms with Crippen LogP contribution < -0.4 is 5.32 Å². The van der Waals surface area contributed by atoms with Crippen LogP contribution in [-0.2, 0) is 4.79 Å². The lowest BCUT2D eigenvalue weighted by atomic mass is 10.2. The van der Waals surface area contributed by atoms with Crippen LogP contribution >= 0.6 is 11.6 Å². The number of hydrogen-bond donors (Lipinski definition) is 2. The Morgan fingerprint density at radius 2 is 2.12 bits per heavy atom. The second-order valence-electron chi connectivity index (χ2n) is 3.68. The first-order chi connectivity index (χ1) is 8.15. The number of carbonyl (C=O) groups is 1. The van der Waals surface area contributed by atoms with E-state index in [4.69, 9.17) is 16.7 Å². The molecule has 2 N–H and O–H groups in total. The second kappa shape index (κ2) is 7.09. The third-order valence-corrected chi connectivity index (χ3v) is 2.61. The smallest absolute Gasteiger partial charge is 0.244 e. The molecule has 4 heteroatoms. The molecule has 0 spiro atoms. The molecule has 0 aliphatic rings. The number of benzene rings is 1. The topological polar surface area (TPSA) is 49.3 Å². The molecule has 0 aromatic heterocycles. The highest BCUT2D eigenvalue weighted by molar-refractivity contribution is 6.30. The van der Waals surface area contributed by atoms with Crippen LogP contribution in [0.15, 0.2) is 30.3 Å². The summed E-state index contributed by atoms with van der Waals surface area (Å²) in [5.74, 6) is -0.208. The lowest BCUT2D eigenvalue weighted by molar-refractivity contribution is -0.117. The normalized spacial score (nSPS) is 12.6. The van der Waals surface area contributed by atoms with E-state index in [0.29, 0.717) is 11.4 Å². The summed E-state index contributed by atoms with van der Waals surface area (Å²) < 4.78 is 0. The first-order valence-corrected chi connectivity index (χ1v) is 5.88. The van der Waals surface area contributed by atoms with Crippen molar-refractivity contribution in [2.24, 2.45) is 0 Å². The molecular weight excluding hydrogens is 238 g/mol. The number of carbonyl (C=O) groups excluding carboxylic acids is 1. The van der Waals surface area contributed by atoms with E-state index >= 15 is 0 Å². The molecule has 3 nitrogen and oxygen atoms in total. The number of hydrogen-bond acceptors (Lipinski definition) is 2. The molecule has 1 atom stereocenters. The zero-order valence-electron chi connectivity index (χ0n) is 9.69. The summed E-state index contributed by atoms with van der Waals surface area (Å²) in [4.78, 5) is 11.5. The molecule has 1 amide bonds. The van der Waals surface area contributed by atoms with Gasteiger partial charge in [-0.05, 0) is 30.2 Å². The van der Waals surface area contributed by atoms with Gasteiger partial charge in [0, 0.05) is 11.1 Å². The molecule has 1 aromatic carbocycles. The molecule has 1 rings (SSSR count). The summed E-state index contributed by atoms with van der Waals surface area (Å²) >= 11 is 5.75. The lowest BCUT2D eigenvalue weighted by Gasteiger charge is -2.11. The summed E-state index contributed by atoms with van der Waals surface area (Å²) in [7, 11) is 0. The van der Waals surface area contributed by atoms with Gasteiger partial charge in [-0.15, -0.1) is 0 Å². The van der Waals surface area contributed by atoms with Crippen molar-refractivity contribution in [2.45, 2.75) is 19.4 Å². The second-order valence-corrected chi connectivity index (χ2v) is 4.12. The molecule has 92 valence electrons. The van der Waals surface area contributed by atoms with Crippen molar-refractivity contribution in [3.63, 3.8) is 0 Å². The fourth-order valence-corrected chi connectivity index (χ4v) is 1.40. The van der Waals surface area contributed by atoms with Gasteiger partial charge in [0.05, 0.1) is 12.6 Å². The van der Waals surface area contributed by atoms with Gasteiger partial charge in [-0.1, -0.05) is 30.7 Å². The highest BCUT2D eigenvalue weighted by Gasteiger charge is 2.05. The third kappa shape index (κ3) is 5.02. The minimum atomic E-state index is -0.208. The van der Waals surface area contributed by atoms with E-state index in [1.807, 2.05) is 19.1 Å². The number of nitrogens with one attached hydrogen (secondary N) is 1. The summed E-state index contributed by atoms with van der Waals surface area (Å²) in [5, 5.41) is 12.3. The average molecular weight is 254 g/mol. The largest absolute Gasteiger partial charge is 0.394 e. The minimum absolute atomic E-state index is 0.0446. The molecule has 0 aliphatic carbocycles. The van der Waals surface area contributed by atoms with Gasteiger partial charge < -0.3 is 10.4 Å². The quantitative estimate of drug-likeness (QED) is 0.791. The number of halogens is 1. The Labute approximate surface area is 106 Å². The van der Waals surface area contributed by atoms with Gasteiger partial charge in [-0.25, -0.2) is 0 Å². The van der Waals surface area contributed by atoms with Crippen molar-refractivity contribution in [2.75, 3.05) is 6.61 Å². The predicted molar refractivity (Wildman–Crippen MR) is 69.8 cm³/mol. The molecule has 0 saturated heterocycles. The molecule has 0 aliphatic heterocycles. The number of aliphatic hydroxyl groups excluding tert-OH is 1. The Kier molecular flexibility index (Phi) is 5.73. The highest BCUT2D eigenvalue weighted by Crippen LogP contribution is 2.10. The van der Waals surface area contributed by atoms with Crippen LogP contribution in [-0.4, -0.2) is 23.7 Å². The van der Waals surface area contributed by atoms with Gasteiger partial charge in [0.15, 0.2) is 0 Å². The Balaban J connectivity index is 2.53. The number of amides is 1. The van der Waals surface area contributed by atoms with Crippen molar-refractivity contribution in [3.8, 4) is 0 Å². The van der Waals surface area contributed by atoms with E-state index in [1.165, 1.54) is 6.08 Å². The first-order valence-electron chi connectivity index (χ1n) is 5.50. The zero-order valence-corrected chi connectivity index (χ0v) is 10.4. The van der Waals surface area contributed by atoms with Crippen LogP contribution in [0.4, 0.5) is 0 Å². The van der Waals surface area contributed by atoms with Crippen LogP contribution in [0, 0.1) is 0 Å². The maximum Gasteiger partial charge on any atom is 0.244 e. The standard InChI is InChI=1S/C13H16ClNO2/c1-2-12(9-16)15-13(17)8-5-10-3-6-11(14)7-4-10/h3-8,12,16H,2,9H2,1H3,(H,15,17)/b8-5+/t12-/m0/s1. The maximum absolute atomic E-state index is 11.5. The Bertz CT molecular complexity index is 383. The molecule has 0 fully saturated rings. The van der Waals surface area contributed by atoms with Gasteiger partial charge in [0.25, 0.3) is 0 Å². The van der Waals surface area contributed by atoms with E-state index in [0.717, 1.165) is 5.56 Å². The number of aliphatic hydroxyl groups is 1. The monoisotopic (exact) mass is 253 g/mol. The molecule has 0 saturated carbocycles. The minimum Gasteiger partial charge on any atom is -0.394 e.